The molecule has 0 atom stereocenters. The van der Waals surface area contributed by atoms with Gasteiger partial charge in [-0.25, -0.2) is 8.78 Å². The molecule has 3 nitrogen and oxygen atoms in total. The summed E-state index contributed by atoms with van der Waals surface area (Å²) in [6.07, 6.45) is -3.04. The van der Waals surface area contributed by atoms with Crippen LogP contribution < -0.4 is 15.2 Å². The van der Waals surface area contributed by atoms with E-state index in [1.54, 1.807) is 6.07 Å². The number of halogens is 4. The van der Waals surface area contributed by atoms with Gasteiger partial charge in [-0.1, -0.05) is 13.0 Å². The van der Waals surface area contributed by atoms with Gasteiger partial charge in [0.05, 0.1) is 6.61 Å². The van der Waals surface area contributed by atoms with Crippen molar-refractivity contribution >= 4 is 5.69 Å². The van der Waals surface area contributed by atoms with Crippen LogP contribution in [-0.4, -0.2) is 25.6 Å². The Bertz CT molecular complexity index is 413. The molecular formula is C12H15F4NO2. The largest absolute Gasteiger partial charge is 0.491 e. The molecule has 0 radical (unpaired) electrons. The molecule has 0 saturated heterocycles. The minimum atomic E-state index is -4.22. The van der Waals surface area contributed by atoms with Gasteiger partial charge < -0.3 is 15.2 Å². The highest BCUT2D eigenvalue weighted by molar-refractivity contribution is 5.62. The van der Waals surface area contributed by atoms with E-state index >= 15 is 0 Å². The SMILES string of the molecule is CCCOc1cccc(OCC(F)(F)C(F)F)c1N. The van der Waals surface area contributed by atoms with Crippen LogP contribution in [0.5, 0.6) is 11.5 Å². The van der Waals surface area contributed by atoms with E-state index in [2.05, 4.69) is 4.74 Å². The van der Waals surface area contributed by atoms with Crippen molar-refractivity contribution in [3.05, 3.63) is 18.2 Å². The van der Waals surface area contributed by atoms with Crippen LogP contribution in [-0.2, 0) is 0 Å². The number of anilines is 1. The summed E-state index contributed by atoms with van der Waals surface area (Å²) in [5.74, 6) is -4.04. The summed E-state index contributed by atoms with van der Waals surface area (Å²) < 4.78 is 59.3. The smallest absolute Gasteiger partial charge is 0.340 e. The second-order valence-corrected chi connectivity index (χ2v) is 3.87. The predicted octanol–water partition coefficient (Wildman–Crippen LogP) is 3.34. The van der Waals surface area contributed by atoms with Crippen LogP contribution in [0.15, 0.2) is 18.2 Å². The van der Waals surface area contributed by atoms with E-state index in [0.29, 0.717) is 6.61 Å². The zero-order chi connectivity index (χ0) is 14.5. The minimum Gasteiger partial charge on any atom is -0.491 e. The van der Waals surface area contributed by atoms with Gasteiger partial charge >= 0.3 is 12.3 Å². The monoisotopic (exact) mass is 281 g/mol. The van der Waals surface area contributed by atoms with Crippen molar-refractivity contribution in [3.8, 4) is 11.5 Å². The van der Waals surface area contributed by atoms with Crippen LogP contribution in [0, 0.1) is 0 Å². The number of nitrogen functional groups attached to an aromatic ring is 1. The van der Waals surface area contributed by atoms with Crippen molar-refractivity contribution in [3.63, 3.8) is 0 Å². The number of nitrogens with two attached hydrogens (primary N) is 1. The summed E-state index contributed by atoms with van der Waals surface area (Å²) in [5.41, 5.74) is 5.66. The molecule has 2 N–H and O–H groups in total. The lowest BCUT2D eigenvalue weighted by Gasteiger charge is -2.17. The third-order valence-corrected chi connectivity index (χ3v) is 2.23. The third kappa shape index (κ3) is 4.18. The summed E-state index contributed by atoms with van der Waals surface area (Å²) >= 11 is 0. The Morgan fingerprint density at radius 2 is 1.79 bits per heavy atom. The maximum absolute atomic E-state index is 12.7. The van der Waals surface area contributed by atoms with Crippen molar-refractivity contribution in [2.75, 3.05) is 18.9 Å². The van der Waals surface area contributed by atoms with Gasteiger partial charge in [0.25, 0.3) is 0 Å². The lowest BCUT2D eigenvalue weighted by Crippen LogP contribution is -2.33. The van der Waals surface area contributed by atoms with Gasteiger partial charge in [0.15, 0.2) is 6.61 Å². The van der Waals surface area contributed by atoms with Crippen molar-refractivity contribution in [2.45, 2.75) is 25.7 Å². The Labute approximate surface area is 108 Å². The van der Waals surface area contributed by atoms with E-state index < -0.39 is 19.0 Å². The highest BCUT2D eigenvalue weighted by Gasteiger charge is 2.41. The van der Waals surface area contributed by atoms with Crippen LogP contribution in [0.1, 0.15) is 13.3 Å². The molecule has 0 saturated carbocycles. The summed E-state index contributed by atoms with van der Waals surface area (Å²) in [7, 11) is 0. The van der Waals surface area contributed by atoms with Crippen molar-refractivity contribution in [1.29, 1.82) is 0 Å². The maximum Gasteiger partial charge on any atom is 0.340 e. The number of alkyl halides is 4. The number of ether oxygens (including phenoxy) is 2. The number of para-hydroxylation sites is 1. The Hall–Kier alpha value is -1.66. The first-order chi connectivity index (χ1) is 8.88. The molecule has 108 valence electrons. The summed E-state index contributed by atoms with van der Waals surface area (Å²) in [5, 5.41) is 0. The number of hydrogen-bond acceptors (Lipinski definition) is 3. The fourth-order valence-corrected chi connectivity index (χ4v) is 1.22. The van der Waals surface area contributed by atoms with Gasteiger partial charge in [-0.3, -0.25) is 0 Å². The summed E-state index contributed by atoms with van der Waals surface area (Å²) in [6.45, 7) is 0.854. The first kappa shape index (κ1) is 15.4. The van der Waals surface area contributed by atoms with Crippen molar-refractivity contribution in [2.24, 2.45) is 0 Å². The molecule has 0 unspecified atom stereocenters. The van der Waals surface area contributed by atoms with E-state index in [-0.39, 0.29) is 17.2 Å². The van der Waals surface area contributed by atoms with Crippen LogP contribution in [0.3, 0.4) is 0 Å². The van der Waals surface area contributed by atoms with E-state index in [1.165, 1.54) is 12.1 Å². The molecular weight excluding hydrogens is 266 g/mol. The minimum absolute atomic E-state index is 0.0148. The average molecular weight is 281 g/mol. The molecule has 0 spiro atoms. The Kier molecular flexibility index (Phi) is 5.26. The zero-order valence-electron chi connectivity index (χ0n) is 10.3. The first-order valence-electron chi connectivity index (χ1n) is 5.68. The highest BCUT2D eigenvalue weighted by Crippen LogP contribution is 2.33. The molecule has 0 aromatic heterocycles. The van der Waals surface area contributed by atoms with Crippen molar-refractivity contribution in [1.82, 2.24) is 0 Å². The Balaban J connectivity index is 2.74. The topological polar surface area (TPSA) is 44.5 Å². The second kappa shape index (κ2) is 6.49. The summed E-state index contributed by atoms with van der Waals surface area (Å²) in [6, 6.07) is 4.34. The average Bonchev–Trinajstić information content (AvgIpc) is 2.36. The molecule has 0 bridgehead atoms. The number of benzene rings is 1. The standard InChI is InChI=1S/C12H15F4NO2/c1-2-6-18-8-4-3-5-9(10(8)17)19-7-12(15,16)11(13)14/h3-5,11H,2,6-7,17H2,1H3. The van der Waals surface area contributed by atoms with Gasteiger partial charge in [0, 0.05) is 0 Å². The quantitative estimate of drug-likeness (QED) is 0.616. The second-order valence-electron chi connectivity index (χ2n) is 3.87. The summed E-state index contributed by atoms with van der Waals surface area (Å²) in [4.78, 5) is 0. The van der Waals surface area contributed by atoms with Crippen LogP contribution >= 0.6 is 0 Å². The molecule has 1 rings (SSSR count). The molecule has 19 heavy (non-hydrogen) atoms. The Morgan fingerprint density at radius 1 is 1.21 bits per heavy atom. The molecule has 7 heteroatoms. The van der Waals surface area contributed by atoms with Crippen LogP contribution in [0.4, 0.5) is 23.2 Å². The molecule has 0 amide bonds. The van der Waals surface area contributed by atoms with Gasteiger partial charge in [-0.15, -0.1) is 0 Å². The van der Waals surface area contributed by atoms with Gasteiger partial charge in [-0.2, -0.15) is 8.78 Å². The van der Waals surface area contributed by atoms with E-state index in [4.69, 9.17) is 10.5 Å². The Morgan fingerprint density at radius 3 is 2.32 bits per heavy atom. The van der Waals surface area contributed by atoms with E-state index in [1.807, 2.05) is 6.92 Å². The number of hydrogen-bond donors (Lipinski definition) is 1. The fourth-order valence-electron chi connectivity index (χ4n) is 1.22. The van der Waals surface area contributed by atoms with E-state index in [9.17, 15) is 17.6 Å². The molecule has 0 aliphatic carbocycles. The molecule has 0 aliphatic heterocycles. The maximum atomic E-state index is 12.7. The molecule has 1 aromatic rings. The zero-order valence-corrected chi connectivity index (χ0v) is 10.3. The first-order valence-corrected chi connectivity index (χ1v) is 5.68. The van der Waals surface area contributed by atoms with Gasteiger partial charge in [-0.05, 0) is 18.6 Å². The lowest BCUT2D eigenvalue weighted by molar-refractivity contribution is -0.148. The molecule has 0 fully saturated rings. The van der Waals surface area contributed by atoms with Crippen LogP contribution in [0.2, 0.25) is 0 Å². The normalized spacial score (nSPS) is 11.7. The predicted molar refractivity (Wildman–Crippen MR) is 63.1 cm³/mol. The molecule has 0 heterocycles. The fraction of sp³-hybridized carbons (Fsp3) is 0.500. The van der Waals surface area contributed by atoms with Crippen LogP contribution in [0.25, 0.3) is 0 Å². The lowest BCUT2D eigenvalue weighted by atomic mass is 10.2. The molecule has 1 aromatic carbocycles. The molecule has 0 aliphatic rings. The van der Waals surface area contributed by atoms with E-state index in [0.717, 1.165) is 6.42 Å². The highest BCUT2D eigenvalue weighted by atomic mass is 19.3. The third-order valence-electron chi connectivity index (χ3n) is 2.23. The van der Waals surface area contributed by atoms with Gasteiger partial charge in [0.2, 0.25) is 0 Å². The van der Waals surface area contributed by atoms with Crippen molar-refractivity contribution < 1.29 is 27.0 Å². The number of rotatable bonds is 7. The van der Waals surface area contributed by atoms with Gasteiger partial charge in [0.1, 0.15) is 17.2 Å².